The Morgan fingerprint density at radius 2 is 2.35 bits per heavy atom. The molecule has 1 aliphatic heterocycles. The van der Waals surface area contributed by atoms with Crippen LogP contribution in [0.25, 0.3) is 0 Å². The summed E-state index contributed by atoms with van der Waals surface area (Å²) in [6.45, 7) is 2.68. The van der Waals surface area contributed by atoms with Crippen LogP contribution < -0.4 is 4.74 Å². The van der Waals surface area contributed by atoms with E-state index >= 15 is 0 Å². The third-order valence-corrected chi connectivity index (χ3v) is 3.37. The van der Waals surface area contributed by atoms with Crippen molar-refractivity contribution in [3.05, 3.63) is 27.7 Å². The number of halogens is 1. The molecule has 0 fully saturated rings. The van der Waals surface area contributed by atoms with Crippen molar-refractivity contribution in [2.45, 2.75) is 26.2 Å². The second kappa shape index (κ2) is 5.08. The van der Waals surface area contributed by atoms with Gasteiger partial charge in [0.2, 0.25) is 0 Å². The first-order chi connectivity index (χ1) is 8.06. The van der Waals surface area contributed by atoms with Crippen molar-refractivity contribution in [3.63, 3.8) is 0 Å². The first-order valence-electron chi connectivity index (χ1n) is 5.72. The Balaban J connectivity index is 2.18. The fourth-order valence-electron chi connectivity index (χ4n) is 2.24. The Bertz CT molecular complexity index is 443. The Kier molecular flexibility index (Phi) is 3.72. The van der Waals surface area contributed by atoms with Gasteiger partial charge >= 0.3 is 5.97 Å². The van der Waals surface area contributed by atoms with Crippen LogP contribution in [0.5, 0.6) is 5.75 Å². The SMILES string of the molecule is CC(CC(=O)O)Cc1cc(Br)cc2c1OCC2. The highest BCUT2D eigenvalue weighted by atomic mass is 79.9. The molecule has 17 heavy (non-hydrogen) atoms. The summed E-state index contributed by atoms with van der Waals surface area (Å²) >= 11 is 3.48. The number of aliphatic carboxylic acids is 1. The van der Waals surface area contributed by atoms with E-state index in [2.05, 4.69) is 22.0 Å². The van der Waals surface area contributed by atoms with E-state index in [9.17, 15) is 4.79 Å². The monoisotopic (exact) mass is 298 g/mol. The number of carbonyl (C=O) groups is 1. The van der Waals surface area contributed by atoms with E-state index in [-0.39, 0.29) is 12.3 Å². The maximum absolute atomic E-state index is 10.7. The van der Waals surface area contributed by atoms with E-state index in [0.29, 0.717) is 0 Å². The second-order valence-electron chi connectivity index (χ2n) is 4.56. The minimum absolute atomic E-state index is 0.120. The van der Waals surface area contributed by atoms with Crippen molar-refractivity contribution in [2.24, 2.45) is 5.92 Å². The molecule has 1 aromatic carbocycles. The predicted molar refractivity (Wildman–Crippen MR) is 68.5 cm³/mol. The van der Waals surface area contributed by atoms with E-state index in [1.165, 1.54) is 5.56 Å². The smallest absolute Gasteiger partial charge is 0.303 e. The Hall–Kier alpha value is -1.03. The summed E-state index contributed by atoms with van der Waals surface area (Å²) in [5.41, 5.74) is 2.33. The van der Waals surface area contributed by atoms with Crippen LogP contribution in [-0.2, 0) is 17.6 Å². The average Bonchev–Trinajstić information content (AvgIpc) is 2.63. The van der Waals surface area contributed by atoms with Crippen LogP contribution in [0.1, 0.15) is 24.5 Å². The third-order valence-electron chi connectivity index (χ3n) is 2.92. The maximum atomic E-state index is 10.7. The molecule has 3 nitrogen and oxygen atoms in total. The summed E-state index contributed by atoms with van der Waals surface area (Å²) in [4.78, 5) is 10.7. The molecule has 92 valence electrons. The highest BCUT2D eigenvalue weighted by molar-refractivity contribution is 9.10. The lowest BCUT2D eigenvalue weighted by Crippen LogP contribution is -2.07. The second-order valence-corrected chi connectivity index (χ2v) is 5.47. The van der Waals surface area contributed by atoms with Crippen LogP contribution >= 0.6 is 15.9 Å². The summed E-state index contributed by atoms with van der Waals surface area (Å²) in [5.74, 6) is 0.339. The average molecular weight is 299 g/mol. The van der Waals surface area contributed by atoms with E-state index < -0.39 is 5.97 Å². The lowest BCUT2D eigenvalue weighted by Gasteiger charge is -2.13. The van der Waals surface area contributed by atoms with Gasteiger partial charge in [-0.2, -0.15) is 0 Å². The number of carboxylic acid groups (broad SMARTS) is 1. The van der Waals surface area contributed by atoms with E-state index in [1.54, 1.807) is 0 Å². The molecule has 1 aromatic rings. The summed E-state index contributed by atoms with van der Waals surface area (Å²) in [6.07, 6.45) is 1.88. The van der Waals surface area contributed by atoms with Gasteiger partial charge in [0.15, 0.2) is 0 Å². The number of benzene rings is 1. The number of fused-ring (bicyclic) bond motifs is 1. The fraction of sp³-hybridized carbons (Fsp3) is 0.462. The molecule has 0 spiro atoms. The Labute approximate surface area is 109 Å². The Morgan fingerprint density at radius 3 is 3.06 bits per heavy atom. The molecule has 0 amide bonds. The molecule has 4 heteroatoms. The van der Waals surface area contributed by atoms with Crippen LogP contribution in [-0.4, -0.2) is 17.7 Å². The first-order valence-corrected chi connectivity index (χ1v) is 6.51. The molecular weight excluding hydrogens is 284 g/mol. The molecule has 1 aliphatic rings. The van der Waals surface area contributed by atoms with Gasteiger partial charge in [0.05, 0.1) is 6.61 Å². The van der Waals surface area contributed by atoms with Crippen molar-refractivity contribution >= 4 is 21.9 Å². The van der Waals surface area contributed by atoms with Gasteiger partial charge in [-0.3, -0.25) is 4.79 Å². The number of carboxylic acids is 1. The molecule has 1 unspecified atom stereocenters. The van der Waals surface area contributed by atoms with Crippen molar-refractivity contribution in [1.29, 1.82) is 0 Å². The van der Waals surface area contributed by atoms with Crippen LogP contribution in [0.15, 0.2) is 16.6 Å². The van der Waals surface area contributed by atoms with Gasteiger partial charge < -0.3 is 9.84 Å². The van der Waals surface area contributed by atoms with Crippen molar-refractivity contribution in [1.82, 2.24) is 0 Å². The molecule has 0 radical (unpaired) electrons. The van der Waals surface area contributed by atoms with Crippen molar-refractivity contribution in [2.75, 3.05) is 6.61 Å². The molecule has 0 aromatic heterocycles. The normalized spacial score (nSPS) is 15.2. The van der Waals surface area contributed by atoms with Crippen molar-refractivity contribution in [3.8, 4) is 5.75 Å². The standard InChI is InChI=1S/C13H15BrO3/c1-8(5-12(15)16)4-10-7-11(14)6-9-2-3-17-13(9)10/h6-8H,2-5H2,1H3,(H,15,16). The molecule has 0 aliphatic carbocycles. The molecule has 0 bridgehead atoms. The van der Waals surface area contributed by atoms with Crippen molar-refractivity contribution < 1.29 is 14.6 Å². The molecule has 1 atom stereocenters. The highest BCUT2D eigenvalue weighted by Crippen LogP contribution is 2.34. The van der Waals surface area contributed by atoms with Crippen LogP contribution in [0.4, 0.5) is 0 Å². The fourth-order valence-corrected chi connectivity index (χ4v) is 2.80. The van der Waals surface area contributed by atoms with Gasteiger partial charge in [-0.25, -0.2) is 0 Å². The van der Waals surface area contributed by atoms with Crippen LogP contribution in [0.2, 0.25) is 0 Å². The van der Waals surface area contributed by atoms with Gasteiger partial charge in [-0.05, 0) is 35.6 Å². The van der Waals surface area contributed by atoms with E-state index in [0.717, 1.165) is 35.2 Å². The third kappa shape index (κ3) is 3.00. The topological polar surface area (TPSA) is 46.5 Å². The van der Waals surface area contributed by atoms with Crippen LogP contribution in [0.3, 0.4) is 0 Å². The molecule has 2 rings (SSSR count). The highest BCUT2D eigenvalue weighted by Gasteiger charge is 2.19. The lowest BCUT2D eigenvalue weighted by atomic mass is 9.96. The number of ether oxygens (including phenoxy) is 1. The summed E-state index contributed by atoms with van der Waals surface area (Å²) in [5, 5.41) is 8.77. The maximum Gasteiger partial charge on any atom is 0.303 e. The Morgan fingerprint density at radius 1 is 1.59 bits per heavy atom. The van der Waals surface area contributed by atoms with Gasteiger partial charge in [0.1, 0.15) is 5.75 Å². The zero-order chi connectivity index (χ0) is 12.4. The van der Waals surface area contributed by atoms with Gasteiger partial charge in [0, 0.05) is 17.3 Å². The molecule has 0 saturated carbocycles. The summed E-state index contributed by atoms with van der Waals surface area (Å²) in [6, 6.07) is 4.11. The molecule has 1 N–H and O–H groups in total. The minimum Gasteiger partial charge on any atom is -0.493 e. The zero-order valence-electron chi connectivity index (χ0n) is 9.70. The van der Waals surface area contributed by atoms with Crippen LogP contribution in [0, 0.1) is 5.92 Å². The first kappa shape index (κ1) is 12.4. The predicted octanol–water partition coefficient (Wildman–Crippen LogP) is 3.04. The largest absolute Gasteiger partial charge is 0.493 e. The molecule has 0 saturated heterocycles. The minimum atomic E-state index is -0.745. The summed E-state index contributed by atoms with van der Waals surface area (Å²) in [7, 11) is 0. The number of hydrogen-bond acceptors (Lipinski definition) is 2. The van der Waals surface area contributed by atoms with Gasteiger partial charge in [0.25, 0.3) is 0 Å². The number of rotatable bonds is 4. The molecular formula is C13H15BrO3. The lowest BCUT2D eigenvalue weighted by molar-refractivity contribution is -0.137. The quantitative estimate of drug-likeness (QED) is 0.929. The zero-order valence-corrected chi connectivity index (χ0v) is 11.3. The van der Waals surface area contributed by atoms with Gasteiger partial charge in [-0.1, -0.05) is 22.9 Å². The van der Waals surface area contributed by atoms with E-state index in [1.807, 2.05) is 13.0 Å². The summed E-state index contributed by atoms with van der Waals surface area (Å²) < 4.78 is 6.66. The number of hydrogen-bond donors (Lipinski definition) is 1. The van der Waals surface area contributed by atoms with Gasteiger partial charge in [-0.15, -0.1) is 0 Å². The molecule has 1 heterocycles. The van der Waals surface area contributed by atoms with E-state index in [4.69, 9.17) is 9.84 Å².